The van der Waals surface area contributed by atoms with Crippen LogP contribution in [0, 0.1) is 0 Å². The van der Waals surface area contributed by atoms with Crippen molar-refractivity contribution in [2.24, 2.45) is 0 Å². The molecule has 118 valence electrons. The Hall–Kier alpha value is -2.95. The van der Waals surface area contributed by atoms with Crippen molar-refractivity contribution < 1.29 is 14.3 Å². The van der Waals surface area contributed by atoms with Crippen LogP contribution in [0.1, 0.15) is 10.5 Å². The highest BCUT2D eigenvalue weighted by atomic mass is 16.5. The van der Waals surface area contributed by atoms with Gasteiger partial charge < -0.3 is 19.4 Å². The van der Waals surface area contributed by atoms with Crippen molar-refractivity contribution >= 4 is 22.5 Å². The first-order valence-electron chi connectivity index (χ1n) is 7.22. The number of anilines is 1. The van der Waals surface area contributed by atoms with Gasteiger partial charge in [0, 0.05) is 29.7 Å². The van der Waals surface area contributed by atoms with Crippen LogP contribution in [0.5, 0.6) is 11.5 Å². The Balaban J connectivity index is 1.92. The van der Waals surface area contributed by atoms with Crippen LogP contribution in [-0.2, 0) is 0 Å². The second-order valence-electron chi connectivity index (χ2n) is 5.17. The minimum Gasteiger partial charge on any atom is -0.493 e. The maximum Gasteiger partial charge on any atom is 0.274 e. The minimum atomic E-state index is -0.117. The molecule has 1 amide bonds. The fourth-order valence-corrected chi connectivity index (χ4v) is 2.52. The van der Waals surface area contributed by atoms with E-state index in [1.807, 2.05) is 36.4 Å². The largest absolute Gasteiger partial charge is 0.493 e. The maximum absolute atomic E-state index is 12.7. The maximum atomic E-state index is 12.7. The molecule has 0 saturated heterocycles. The van der Waals surface area contributed by atoms with E-state index >= 15 is 0 Å². The van der Waals surface area contributed by atoms with Crippen molar-refractivity contribution in [3.05, 3.63) is 54.2 Å². The molecule has 1 heterocycles. The molecule has 0 aliphatic carbocycles. The number of benzene rings is 2. The van der Waals surface area contributed by atoms with Gasteiger partial charge >= 0.3 is 0 Å². The third-order valence-electron chi connectivity index (χ3n) is 3.82. The van der Waals surface area contributed by atoms with Gasteiger partial charge in [-0.1, -0.05) is 18.2 Å². The van der Waals surface area contributed by atoms with Crippen LogP contribution >= 0.6 is 0 Å². The Bertz CT molecular complexity index is 821. The summed E-state index contributed by atoms with van der Waals surface area (Å²) in [5, 5.41) is 1.01. The zero-order valence-electron chi connectivity index (χ0n) is 13.3. The number of carbonyl (C=O) groups is 1. The van der Waals surface area contributed by atoms with E-state index in [0.29, 0.717) is 17.2 Å². The summed E-state index contributed by atoms with van der Waals surface area (Å²) in [5.41, 5.74) is 2.21. The number of H-pyrrole nitrogens is 1. The number of hydrogen-bond donors (Lipinski definition) is 1. The Morgan fingerprint density at radius 2 is 1.74 bits per heavy atom. The van der Waals surface area contributed by atoms with E-state index < -0.39 is 0 Å². The first kappa shape index (κ1) is 15.0. The van der Waals surface area contributed by atoms with Crippen LogP contribution in [0.4, 0.5) is 5.69 Å². The lowest BCUT2D eigenvalue weighted by Gasteiger charge is -2.18. The Labute approximate surface area is 134 Å². The number of amides is 1. The van der Waals surface area contributed by atoms with E-state index in [-0.39, 0.29) is 5.91 Å². The zero-order valence-corrected chi connectivity index (χ0v) is 13.3. The number of fused-ring (bicyclic) bond motifs is 1. The summed E-state index contributed by atoms with van der Waals surface area (Å²) in [5.74, 6) is 1.09. The molecule has 0 aliphatic rings. The van der Waals surface area contributed by atoms with Crippen molar-refractivity contribution in [3.8, 4) is 11.5 Å². The lowest BCUT2D eigenvalue weighted by atomic mass is 10.2. The zero-order chi connectivity index (χ0) is 16.4. The molecule has 0 spiro atoms. The second kappa shape index (κ2) is 6.04. The summed E-state index contributed by atoms with van der Waals surface area (Å²) in [7, 11) is 4.88. The van der Waals surface area contributed by atoms with Gasteiger partial charge in [0.1, 0.15) is 5.69 Å². The number of aromatic amines is 1. The third kappa shape index (κ3) is 2.73. The lowest BCUT2D eigenvalue weighted by Crippen LogP contribution is -2.26. The lowest BCUT2D eigenvalue weighted by molar-refractivity contribution is 0.0989. The minimum absolute atomic E-state index is 0.117. The number of methoxy groups -OCH3 is 2. The van der Waals surface area contributed by atoms with E-state index in [9.17, 15) is 4.79 Å². The van der Waals surface area contributed by atoms with Crippen LogP contribution in [0.3, 0.4) is 0 Å². The first-order valence-corrected chi connectivity index (χ1v) is 7.22. The predicted molar refractivity (Wildman–Crippen MR) is 90.6 cm³/mol. The number of nitrogens with zero attached hydrogens (tertiary/aromatic N) is 1. The van der Waals surface area contributed by atoms with E-state index in [2.05, 4.69) is 4.98 Å². The van der Waals surface area contributed by atoms with E-state index in [1.54, 1.807) is 38.3 Å². The first-order chi connectivity index (χ1) is 11.1. The fourth-order valence-electron chi connectivity index (χ4n) is 2.52. The molecule has 23 heavy (non-hydrogen) atoms. The Kier molecular flexibility index (Phi) is 3.93. The molecular formula is C18H18N2O3. The molecule has 0 bridgehead atoms. The van der Waals surface area contributed by atoms with Gasteiger partial charge in [0.25, 0.3) is 5.91 Å². The van der Waals surface area contributed by atoms with Crippen LogP contribution in [-0.4, -0.2) is 32.2 Å². The van der Waals surface area contributed by atoms with Gasteiger partial charge in [-0.15, -0.1) is 0 Å². The molecule has 0 radical (unpaired) electrons. The van der Waals surface area contributed by atoms with Gasteiger partial charge in [0.05, 0.1) is 14.2 Å². The van der Waals surface area contributed by atoms with Gasteiger partial charge in [0.15, 0.2) is 11.5 Å². The van der Waals surface area contributed by atoms with Gasteiger partial charge in [-0.25, -0.2) is 0 Å². The molecular weight excluding hydrogens is 292 g/mol. The highest BCUT2D eigenvalue weighted by Gasteiger charge is 2.17. The molecule has 1 aromatic heterocycles. The van der Waals surface area contributed by atoms with Crippen molar-refractivity contribution in [3.63, 3.8) is 0 Å². The molecule has 0 fully saturated rings. The van der Waals surface area contributed by atoms with E-state index in [0.717, 1.165) is 16.6 Å². The van der Waals surface area contributed by atoms with Gasteiger partial charge in [-0.2, -0.15) is 0 Å². The van der Waals surface area contributed by atoms with Gasteiger partial charge in [-0.3, -0.25) is 4.79 Å². The van der Waals surface area contributed by atoms with E-state index in [1.165, 1.54) is 0 Å². The Morgan fingerprint density at radius 3 is 2.43 bits per heavy atom. The van der Waals surface area contributed by atoms with Crippen molar-refractivity contribution in [2.75, 3.05) is 26.2 Å². The number of para-hydroxylation sites is 1. The molecule has 3 aromatic rings. The molecule has 0 saturated carbocycles. The highest BCUT2D eigenvalue weighted by molar-refractivity contribution is 6.07. The summed E-state index contributed by atoms with van der Waals surface area (Å²) < 4.78 is 10.5. The molecule has 0 atom stereocenters. The van der Waals surface area contributed by atoms with Crippen LogP contribution < -0.4 is 14.4 Å². The Morgan fingerprint density at radius 1 is 1.00 bits per heavy atom. The number of rotatable bonds is 4. The molecule has 0 unspecified atom stereocenters. The predicted octanol–water partition coefficient (Wildman–Crippen LogP) is 3.46. The average molecular weight is 310 g/mol. The van der Waals surface area contributed by atoms with Gasteiger partial charge in [-0.05, 0) is 24.3 Å². The monoisotopic (exact) mass is 310 g/mol. The summed E-state index contributed by atoms with van der Waals surface area (Å²) in [6.07, 6.45) is 0. The topological polar surface area (TPSA) is 54.6 Å². The standard InChI is InChI=1S/C18H18N2O3/c1-20(13-8-9-16(22-2)17(11-13)23-3)18(21)15-10-12-6-4-5-7-14(12)19-15/h4-11,19H,1-3H3. The number of carbonyl (C=O) groups excluding carboxylic acids is 1. The number of nitrogens with one attached hydrogen (secondary N) is 1. The molecule has 1 N–H and O–H groups in total. The normalized spacial score (nSPS) is 10.6. The molecule has 5 heteroatoms. The summed E-state index contributed by atoms with van der Waals surface area (Å²) >= 11 is 0. The quantitative estimate of drug-likeness (QED) is 0.803. The second-order valence-corrected chi connectivity index (χ2v) is 5.17. The summed E-state index contributed by atoms with van der Waals surface area (Å²) in [6, 6.07) is 15.0. The van der Waals surface area contributed by atoms with Crippen LogP contribution in [0.15, 0.2) is 48.5 Å². The molecule has 0 aliphatic heterocycles. The summed E-state index contributed by atoms with van der Waals surface area (Å²) in [6.45, 7) is 0. The SMILES string of the molecule is COc1ccc(N(C)C(=O)c2cc3ccccc3[nH]2)cc1OC. The van der Waals surface area contributed by atoms with Crippen LogP contribution in [0.25, 0.3) is 10.9 Å². The highest BCUT2D eigenvalue weighted by Crippen LogP contribution is 2.31. The molecule has 2 aromatic carbocycles. The van der Waals surface area contributed by atoms with Crippen molar-refractivity contribution in [2.45, 2.75) is 0 Å². The molecule has 3 rings (SSSR count). The molecule has 5 nitrogen and oxygen atoms in total. The van der Waals surface area contributed by atoms with Crippen LogP contribution in [0.2, 0.25) is 0 Å². The summed E-state index contributed by atoms with van der Waals surface area (Å²) in [4.78, 5) is 17.4. The van der Waals surface area contributed by atoms with Gasteiger partial charge in [0.2, 0.25) is 0 Å². The number of hydrogen-bond acceptors (Lipinski definition) is 3. The smallest absolute Gasteiger partial charge is 0.274 e. The average Bonchev–Trinajstić information content (AvgIpc) is 3.03. The number of ether oxygens (including phenoxy) is 2. The number of aromatic nitrogens is 1. The third-order valence-corrected chi connectivity index (χ3v) is 3.82. The fraction of sp³-hybridized carbons (Fsp3) is 0.167. The van der Waals surface area contributed by atoms with E-state index in [4.69, 9.17) is 9.47 Å². The van der Waals surface area contributed by atoms with Crippen molar-refractivity contribution in [1.82, 2.24) is 4.98 Å². The van der Waals surface area contributed by atoms with Crippen molar-refractivity contribution in [1.29, 1.82) is 0 Å².